The first-order valence-electron chi connectivity index (χ1n) is 5.71. The molecule has 1 aromatic carbocycles. The summed E-state index contributed by atoms with van der Waals surface area (Å²) >= 11 is 17.9. The number of benzene rings is 1. The largest absolute Gasteiger partial charge is 0.484 e. The van der Waals surface area contributed by atoms with Gasteiger partial charge in [0, 0.05) is 24.1 Å². The van der Waals surface area contributed by atoms with E-state index in [-0.39, 0.29) is 18.2 Å². The number of hydrogen-bond donors (Lipinski definition) is 1. The fourth-order valence-electron chi connectivity index (χ4n) is 1.95. The maximum absolute atomic E-state index is 6.06. The lowest BCUT2D eigenvalue weighted by molar-refractivity contribution is -0.0944. The molecule has 100 valence electrons. The fraction of sp³-hybridized carbons (Fsp3) is 0.500. The van der Waals surface area contributed by atoms with E-state index in [4.69, 9.17) is 50.0 Å². The minimum Gasteiger partial charge on any atom is -0.484 e. The summed E-state index contributed by atoms with van der Waals surface area (Å²) in [7, 11) is 0. The summed E-state index contributed by atoms with van der Waals surface area (Å²) in [5.74, 6) is 0.435. The minimum atomic E-state index is -0.115. The van der Waals surface area contributed by atoms with Crippen LogP contribution in [0.5, 0.6) is 5.75 Å². The van der Waals surface area contributed by atoms with Gasteiger partial charge >= 0.3 is 0 Å². The molecule has 0 aromatic heterocycles. The molecule has 3 nitrogen and oxygen atoms in total. The highest BCUT2D eigenvalue weighted by Gasteiger charge is 2.41. The van der Waals surface area contributed by atoms with Crippen LogP contribution in [0.25, 0.3) is 0 Å². The third kappa shape index (κ3) is 2.86. The van der Waals surface area contributed by atoms with Crippen molar-refractivity contribution in [3.8, 4) is 5.75 Å². The zero-order valence-electron chi connectivity index (χ0n) is 9.83. The van der Waals surface area contributed by atoms with Gasteiger partial charge in [-0.05, 0) is 19.1 Å². The van der Waals surface area contributed by atoms with Gasteiger partial charge in [0.15, 0.2) is 5.75 Å². The first-order chi connectivity index (χ1) is 8.52. The van der Waals surface area contributed by atoms with Crippen LogP contribution in [0.1, 0.15) is 13.3 Å². The molecule has 0 bridgehead atoms. The van der Waals surface area contributed by atoms with E-state index in [1.54, 1.807) is 12.1 Å². The second-order valence-electron chi connectivity index (χ2n) is 4.17. The minimum absolute atomic E-state index is 0.000184. The zero-order chi connectivity index (χ0) is 13.3. The van der Waals surface area contributed by atoms with Crippen molar-refractivity contribution < 1.29 is 9.47 Å². The van der Waals surface area contributed by atoms with E-state index in [9.17, 15) is 0 Å². The lowest BCUT2D eigenvalue weighted by Crippen LogP contribution is -2.59. The Morgan fingerprint density at radius 1 is 1.28 bits per heavy atom. The SMILES string of the molecule is CCOC1C(N)CC1Oc1c(Cl)cc(Cl)cc1Cl. The van der Waals surface area contributed by atoms with Gasteiger partial charge in [-0.1, -0.05) is 34.8 Å². The molecule has 0 radical (unpaired) electrons. The van der Waals surface area contributed by atoms with Crippen molar-refractivity contribution in [1.82, 2.24) is 0 Å². The van der Waals surface area contributed by atoms with Crippen molar-refractivity contribution in [3.63, 3.8) is 0 Å². The number of halogens is 3. The molecule has 1 aromatic rings. The molecule has 1 aliphatic rings. The van der Waals surface area contributed by atoms with Crippen LogP contribution < -0.4 is 10.5 Å². The Hall–Kier alpha value is -0.190. The Bertz CT molecular complexity index is 418. The van der Waals surface area contributed by atoms with E-state index >= 15 is 0 Å². The van der Waals surface area contributed by atoms with E-state index in [0.717, 1.165) is 6.42 Å². The quantitative estimate of drug-likeness (QED) is 0.925. The molecular weight excluding hydrogens is 296 g/mol. The molecule has 2 rings (SSSR count). The van der Waals surface area contributed by atoms with Crippen molar-refractivity contribution >= 4 is 34.8 Å². The lowest BCUT2D eigenvalue weighted by atomic mass is 9.86. The molecule has 0 saturated heterocycles. The van der Waals surface area contributed by atoms with Gasteiger partial charge in [0.05, 0.1) is 10.0 Å². The first kappa shape index (κ1) is 14.2. The highest BCUT2D eigenvalue weighted by Crippen LogP contribution is 2.39. The third-order valence-electron chi connectivity index (χ3n) is 2.88. The second-order valence-corrected chi connectivity index (χ2v) is 5.43. The Morgan fingerprint density at radius 3 is 2.39 bits per heavy atom. The molecule has 1 aliphatic carbocycles. The van der Waals surface area contributed by atoms with E-state index in [1.165, 1.54) is 0 Å². The van der Waals surface area contributed by atoms with Crippen LogP contribution in [0.2, 0.25) is 15.1 Å². The summed E-state index contributed by atoms with van der Waals surface area (Å²) in [5.41, 5.74) is 5.86. The van der Waals surface area contributed by atoms with Gasteiger partial charge < -0.3 is 15.2 Å². The molecule has 0 amide bonds. The molecule has 0 heterocycles. The summed E-state index contributed by atoms with van der Waals surface area (Å²) in [6, 6.07) is 3.19. The van der Waals surface area contributed by atoms with Crippen molar-refractivity contribution in [1.29, 1.82) is 0 Å². The molecule has 0 aliphatic heterocycles. The highest BCUT2D eigenvalue weighted by atomic mass is 35.5. The van der Waals surface area contributed by atoms with E-state index in [0.29, 0.717) is 27.4 Å². The molecule has 1 fully saturated rings. The molecule has 18 heavy (non-hydrogen) atoms. The van der Waals surface area contributed by atoms with Gasteiger partial charge in [0.2, 0.25) is 0 Å². The monoisotopic (exact) mass is 309 g/mol. The summed E-state index contributed by atoms with van der Waals surface area (Å²) in [6.45, 7) is 2.52. The van der Waals surface area contributed by atoms with Crippen LogP contribution in [0.4, 0.5) is 0 Å². The summed E-state index contributed by atoms with van der Waals surface area (Å²) in [6.07, 6.45) is 0.494. The van der Waals surface area contributed by atoms with Crippen LogP contribution in [-0.2, 0) is 4.74 Å². The molecule has 2 N–H and O–H groups in total. The molecule has 1 saturated carbocycles. The Kier molecular flexibility index (Phi) is 4.62. The van der Waals surface area contributed by atoms with Crippen LogP contribution in [0.15, 0.2) is 12.1 Å². The van der Waals surface area contributed by atoms with Gasteiger partial charge in [-0.2, -0.15) is 0 Å². The number of hydrogen-bond acceptors (Lipinski definition) is 3. The van der Waals surface area contributed by atoms with E-state index in [1.807, 2.05) is 6.92 Å². The smallest absolute Gasteiger partial charge is 0.157 e. The zero-order valence-corrected chi connectivity index (χ0v) is 12.1. The van der Waals surface area contributed by atoms with Crippen LogP contribution in [0.3, 0.4) is 0 Å². The predicted molar refractivity (Wildman–Crippen MR) is 73.9 cm³/mol. The average molecular weight is 311 g/mol. The Labute approximate surface area is 121 Å². The topological polar surface area (TPSA) is 44.5 Å². The van der Waals surface area contributed by atoms with Crippen molar-refractivity contribution in [2.24, 2.45) is 5.73 Å². The van der Waals surface area contributed by atoms with E-state index < -0.39 is 0 Å². The molecule has 6 heteroatoms. The van der Waals surface area contributed by atoms with Crippen molar-refractivity contribution in [2.75, 3.05) is 6.61 Å². The summed E-state index contributed by atoms with van der Waals surface area (Å²) < 4.78 is 11.3. The first-order valence-corrected chi connectivity index (χ1v) is 6.84. The molecule has 3 atom stereocenters. The van der Waals surface area contributed by atoms with Crippen molar-refractivity contribution in [2.45, 2.75) is 31.6 Å². The van der Waals surface area contributed by atoms with Gasteiger partial charge in [-0.3, -0.25) is 0 Å². The lowest BCUT2D eigenvalue weighted by Gasteiger charge is -2.41. The summed E-state index contributed by atoms with van der Waals surface area (Å²) in [5, 5.41) is 1.26. The van der Waals surface area contributed by atoms with Crippen LogP contribution in [0, 0.1) is 0 Å². The molecular formula is C12H14Cl3NO2. The van der Waals surface area contributed by atoms with Crippen molar-refractivity contribution in [3.05, 3.63) is 27.2 Å². The predicted octanol–water partition coefficient (Wildman–Crippen LogP) is 3.53. The number of nitrogens with two attached hydrogens (primary N) is 1. The highest BCUT2D eigenvalue weighted by molar-refractivity contribution is 6.40. The van der Waals surface area contributed by atoms with E-state index in [2.05, 4.69) is 0 Å². The maximum atomic E-state index is 6.06. The van der Waals surface area contributed by atoms with Gasteiger partial charge in [0.25, 0.3) is 0 Å². The number of ether oxygens (including phenoxy) is 2. The normalized spacial score (nSPS) is 26.8. The second kappa shape index (κ2) is 5.85. The maximum Gasteiger partial charge on any atom is 0.157 e. The Balaban J connectivity index is 2.10. The molecule has 0 spiro atoms. The number of rotatable bonds is 4. The Morgan fingerprint density at radius 2 is 1.89 bits per heavy atom. The van der Waals surface area contributed by atoms with Crippen LogP contribution >= 0.6 is 34.8 Å². The fourth-order valence-corrected chi connectivity index (χ4v) is 2.85. The van der Waals surface area contributed by atoms with Gasteiger partial charge in [-0.25, -0.2) is 0 Å². The average Bonchev–Trinajstić information content (AvgIpc) is 2.29. The molecule has 3 unspecified atom stereocenters. The summed E-state index contributed by atoms with van der Waals surface area (Å²) in [4.78, 5) is 0. The van der Waals surface area contributed by atoms with Gasteiger partial charge in [0.1, 0.15) is 12.2 Å². The van der Waals surface area contributed by atoms with Crippen LogP contribution in [-0.4, -0.2) is 24.9 Å². The third-order valence-corrected chi connectivity index (χ3v) is 3.66. The standard InChI is InChI=1S/C12H14Cl3NO2/c1-2-17-12-9(16)5-10(12)18-11-7(14)3-6(13)4-8(11)15/h3-4,9-10,12H,2,5,16H2,1H3. The van der Waals surface area contributed by atoms with Gasteiger partial charge in [-0.15, -0.1) is 0 Å².